The lowest BCUT2D eigenvalue weighted by Gasteiger charge is -2.11. The number of carbonyl (C=O) groups excluding carboxylic acids is 2. The van der Waals surface area contributed by atoms with Gasteiger partial charge in [0.05, 0.1) is 0 Å². The molecule has 0 spiro atoms. The van der Waals surface area contributed by atoms with E-state index in [0.717, 1.165) is 18.5 Å². The van der Waals surface area contributed by atoms with Gasteiger partial charge in [0.2, 0.25) is 6.79 Å². The highest BCUT2D eigenvalue weighted by molar-refractivity contribution is 6.06. The standard InChI is InChI=1S/C22H22N4O4/c1-15-4-5-16(21(27)23-8-2-10-26-11-3-9-24-26)12-18(15)25-22(28)17-6-7-19-20(13-17)30-14-29-19/h3-7,9,11-13H,2,8,10,14H2,1H3,(H,23,27)(H,25,28). The Kier molecular flexibility index (Phi) is 5.65. The van der Waals surface area contributed by atoms with Gasteiger partial charge in [0.25, 0.3) is 11.8 Å². The van der Waals surface area contributed by atoms with Crippen molar-refractivity contribution >= 4 is 17.5 Å². The van der Waals surface area contributed by atoms with Crippen LogP contribution in [0, 0.1) is 6.92 Å². The average Bonchev–Trinajstić information content (AvgIpc) is 3.43. The number of aromatic nitrogens is 2. The number of ether oxygens (including phenoxy) is 2. The summed E-state index contributed by atoms with van der Waals surface area (Å²) in [6, 6.07) is 12.1. The molecule has 0 unspecified atom stereocenters. The van der Waals surface area contributed by atoms with E-state index < -0.39 is 0 Å². The first-order chi connectivity index (χ1) is 14.6. The van der Waals surface area contributed by atoms with Gasteiger partial charge in [-0.25, -0.2) is 0 Å². The lowest BCUT2D eigenvalue weighted by molar-refractivity contribution is 0.0951. The molecule has 3 aromatic rings. The summed E-state index contributed by atoms with van der Waals surface area (Å²) in [5, 5.41) is 9.90. The Balaban J connectivity index is 1.37. The number of carbonyl (C=O) groups is 2. The van der Waals surface area contributed by atoms with E-state index in [-0.39, 0.29) is 18.6 Å². The van der Waals surface area contributed by atoms with Crippen molar-refractivity contribution in [3.05, 3.63) is 71.5 Å². The Hall–Kier alpha value is -3.81. The molecule has 0 bridgehead atoms. The van der Waals surface area contributed by atoms with Gasteiger partial charge in [-0.05, 0) is 55.3 Å². The number of aryl methyl sites for hydroxylation is 2. The molecule has 4 rings (SSSR count). The van der Waals surface area contributed by atoms with Crippen molar-refractivity contribution in [1.82, 2.24) is 15.1 Å². The number of benzene rings is 2. The van der Waals surface area contributed by atoms with Crippen LogP contribution in [0.1, 0.15) is 32.7 Å². The molecule has 2 heterocycles. The highest BCUT2D eigenvalue weighted by Gasteiger charge is 2.17. The fourth-order valence-electron chi connectivity index (χ4n) is 3.11. The number of fused-ring (bicyclic) bond motifs is 1. The third kappa shape index (κ3) is 4.43. The van der Waals surface area contributed by atoms with Crippen LogP contribution in [0.4, 0.5) is 5.69 Å². The summed E-state index contributed by atoms with van der Waals surface area (Å²) < 4.78 is 12.4. The second kappa shape index (κ2) is 8.69. The molecule has 2 amide bonds. The van der Waals surface area contributed by atoms with E-state index >= 15 is 0 Å². The normalized spacial score (nSPS) is 11.9. The van der Waals surface area contributed by atoms with Gasteiger partial charge in [-0.3, -0.25) is 14.3 Å². The Labute approximate surface area is 173 Å². The van der Waals surface area contributed by atoms with Crippen LogP contribution in [0.3, 0.4) is 0 Å². The molecule has 30 heavy (non-hydrogen) atoms. The Morgan fingerprint density at radius 3 is 2.70 bits per heavy atom. The van der Waals surface area contributed by atoms with Crippen molar-refractivity contribution in [2.24, 2.45) is 0 Å². The number of hydrogen-bond donors (Lipinski definition) is 2. The zero-order valence-electron chi connectivity index (χ0n) is 16.6. The zero-order chi connectivity index (χ0) is 20.9. The van der Waals surface area contributed by atoms with Crippen molar-refractivity contribution in [3.8, 4) is 11.5 Å². The highest BCUT2D eigenvalue weighted by atomic mass is 16.7. The minimum absolute atomic E-state index is 0.151. The third-order valence-corrected chi connectivity index (χ3v) is 4.79. The number of amides is 2. The van der Waals surface area contributed by atoms with Gasteiger partial charge in [0, 0.05) is 42.3 Å². The molecule has 0 atom stereocenters. The third-order valence-electron chi connectivity index (χ3n) is 4.79. The molecule has 1 aromatic heterocycles. The summed E-state index contributed by atoms with van der Waals surface area (Å²) in [6.07, 6.45) is 4.38. The monoisotopic (exact) mass is 406 g/mol. The maximum Gasteiger partial charge on any atom is 0.255 e. The summed E-state index contributed by atoms with van der Waals surface area (Å²) >= 11 is 0. The lowest BCUT2D eigenvalue weighted by atomic mass is 10.1. The molecule has 0 radical (unpaired) electrons. The minimum Gasteiger partial charge on any atom is -0.454 e. The molecule has 2 aromatic carbocycles. The Bertz CT molecular complexity index is 1060. The van der Waals surface area contributed by atoms with Gasteiger partial charge < -0.3 is 20.1 Å². The average molecular weight is 406 g/mol. The minimum atomic E-state index is -0.284. The quantitative estimate of drug-likeness (QED) is 0.588. The van der Waals surface area contributed by atoms with Gasteiger partial charge in [0.1, 0.15) is 0 Å². The van der Waals surface area contributed by atoms with Crippen LogP contribution in [-0.2, 0) is 6.54 Å². The number of hydrogen-bond acceptors (Lipinski definition) is 5. The second-order valence-corrected chi connectivity index (χ2v) is 6.93. The van der Waals surface area contributed by atoms with E-state index in [0.29, 0.717) is 34.9 Å². The largest absolute Gasteiger partial charge is 0.454 e. The van der Waals surface area contributed by atoms with Crippen LogP contribution in [0.25, 0.3) is 0 Å². The summed E-state index contributed by atoms with van der Waals surface area (Å²) in [4.78, 5) is 25.1. The molecule has 8 nitrogen and oxygen atoms in total. The molecule has 1 aliphatic rings. The predicted molar refractivity (Wildman–Crippen MR) is 111 cm³/mol. The van der Waals surface area contributed by atoms with E-state index in [1.165, 1.54) is 0 Å². The van der Waals surface area contributed by atoms with Crippen LogP contribution < -0.4 is 20.1 Å². The maximum absolute atomic E-state index is 12.7. The number of nitrogens with one attached hydrogen (secondary N) is 2. The first-order valence-electron chi connectivity index (χ1n) is 9.67. The SMILES string of the molecule is Cc1ccc(C(=O)NCCCn2cccn2)cc1NC(=O)c1ccc2c(c1)OCO2. The van der Waals surface area contributed by atoms with Crippen molar-refractivity contribution in [2.45, 2.75) is 19.9 Å². The van der Waals surface area contributed by atoms with Gasteiger partial charge in [0.15, 0.2) is 11.5 Å². The number of anilines is 1. The summed E-state index contributed by atoms with van der Waals surface area (Å²) in [7, 11) is 0. The van der Waals surface area contributed by atoms with Gasteiger partial charge in [-0.1, -0.05) is 6.07 Å². The molecule has 2 N–H and O–H groups in total. The van der Waals surface area contributed by atoms with E-state index in [1.807, 2.05) is 29.9 Å². The molecule has 0 saturated heterocycles. The molecule has 8 heteroatoms. The van der Waals surface area contributed by atoms with E-state index in [9.17, 15) is 9.59 Å². The van der Waals surface area contributed by atoms with Gasteiger partial charge >= 0.3 is 0 Å². The van der Waals surface area contributed by atoms with Crippen LogP contribution in [0.5, 0.6) is 11.5 Å². The zero-order valence-corrected chi connectivity index (χ0v) is 16.6. The lowest BCUT2D eigenvalue weighted by Crippen LogP contribution is -2.25. The van der Waals surface area contributed by atoms with Gasteiger partial charge in [-0.15, -0.1) is 0 Å². The second-order valence-electron chi connectivity index (χ2n) is 6.93. The fraction of sp³-hybridized carbons (Fsp3) is 0.227. The summed E-state index contributed by atoms with van der Waals surface area (Å²) in [5.74, 6) is 0.693. The van der Waals surface area contributed by atoms with Crippen molar-refractivity contribution in [2.75, 3.05) is 18.7 Å². The highest BCUT2D eigenvalue weighted by Crippen LogP contribution is 2.32. The molecular weight excluding hydrogens is 384 g/mol. The van der Waals surface area contributed by atoms with Crippen molar-refractivity contribution in [1.29, 1.82) is 0 Å². The molecule has 1 aliphatic heterocycles. The number of rotatable bonds is 7. The first-order valence-corrected chi connectivity index (χ1v) is 9.67. The fourth-order valence-corrected chi connectivity index (χ4v) is 3.11. The number of nitrogens with zero attached hydrogens (tertiary/aromatic N) is 2. The molecule has 0 saturated carbocycles. The molecular formula is C22H22N4O4. The molecule has 0 fully saturated rings. The van der Waals surface area contributed by atoms with E-state index in [4.69, 9.17) is 9.47 Å². The van der Waals surface area contributed by atoms with Crippen LogP contribution >= 0.6 is 0 Å². The van der Waals surface area contributed by atoms with E-state index in [2.05, 4.69) is 15.7 Å². The molecule has 154 valence electrons. The topological polar surface area (TPSA) is 94.5 Å². The van der Waals surface area contributed by atoms with Crippen molar-refractivity contribution < 1.29 is 19.1 Å². The van der Waals surface area contributed by atoms with Crippen LogP contribution in [-0.4, -0.2) is 34.9 Å². The van der Waals surface area contributed by atoms with E-state index in [1.54, 1.807) is 36.5 Å². The summed E-state index contributed by atoms with van der Waals surface area (Å²) in [5.41, 5.74) is 2.38. The maximum atomic E-state index is 12.7. The smallest absolute Gasteiger partial charge is 0.255 e. The summed E-state index contributed by atoms with van der Waals surface area (Å²) in [6.45, 7) is 3.29. The first kappa shape index (κ1) is 19.5. The van der Waals surface area contributed by atoms with Crippen LogP contribution in [0.15, 0.2) is 54.9 Å². The van der Waals surface area contributed by atoms with Crippen molar-refractivity contribution in [3.63, 3.8) is 0 Å². The van der Waals surface area contributed by atoms with Crippen LogP contribution in [0.2, 0.25) is 0 Å². The van der Waals surface area contributed by atoms with Gasteiger partial charge in [-0.2, -0.15) is 5.10 Å². The molecule has 0 aliphatic carbocycles. The Morgan fingerprint density at radius 1 is 1.07 bits per heavy atom. The Morgan fingerprint density at radius 2 is 1.87 bits per heavy atom. The predicted octanol–water partition coefficient (Wildman–Crippen LogP) is 2.99.